The zero-order valence-corrected chi connectivity index (χ0v) is 21.5. The monoisotopic (exact) mass is 497 g/mol. The Morgan fingerprint density at radius 1 is 1.00 bits per heavy atom. The van der Waals surface area contributed by atoms with E-state index in [9.17, 15) is 4.55 Å². The molecule has 0 saturated carbocycles. The van der Waals surface area contributed by atoms with Crippen molar-refractivity contribution in [1.82, 2.24) is 35.2 Å². The fourth-order valence-corrected chi connectivity index (χ4v) is 5.41. The molecule has 182 valence electrons. The molecule has 0 saturated heterocycles. The third-order valence-corrected chi connectivity index (χ3v) is 7.11. The zero-order chi connectivity index (χ0) is 25.2. The number of pyridine rings is 1. The molecule has 0 spiro atoms. The first-order valence-electron chi connectivity index (χ1n) is 11.8. The Morgan fingerprint density at radius 2 is 1.72 bits per heavy atom. The molecule has 1 unspecified atom stereocenters. The summed E-state index contributed by atoms with van der Waals surface area (Å²) < 4.78 is 15.1. The van der Waals surface area contributed by atoms with Crippen molar-refractivity contribution in [2.45, 2.75) is 33.7 Å². The van der Waals surface area contributed by atoms with Crippen LogP contribution in [0.1, 0.15) is 46.5 Å². The van der Waals surface area contributed by atoms with Gasteiger partial charge in [-0.15, -0.1) is 5.10 Å². The SMILES string of the molecule is CCc1nc2c(C)cc(C)nc2n1Cc1ccc(C(=C(c2nnn[nH]2)[S+](C)[O-])c2ccccc2)cc1. The Morgan fingerprint density at radius 3 is 2.36 bits per heavy atom. The Labute approximate surface area is 212 Å². The number of aryl methyl sites for hydroxylation is 3. The van der Waals surface area contributed by atoms with Crippen molar-refractivity contribution in [1.29, 1.82) is 0 Å². The molecule has 0 aliphatic carbocycles. The van der Waals surface area contributed by atoms with Gasteiger partial charge in [0.25, 0.3) is 0 Å². The lowest BCUT2D eigenvalue weighted by Crippen LogP contribution is -2.08. The van der Waals surface area contributed by atoms with E-state index in [1.54, 1.807) is 6.26 Å². The van der Waals surface area contributed by atoms with Gasteiger partial charge >= 0.3 is 0 Å². The van der Waals surface area contributed by atoms with Gasteiger partial charge in [0.15, 0.2) is 5.65 Å². The van der Waals surface area contributed by atoms with E-state index in [1.165, 1.54) is 0 Å². The topological polar surface area (TPSA) is 108 Å². The predicted molar refractivity (Wildman–Crippen MR) is 143 cm³/mol. The van der Waals surface area contributed by atoms with Crippen molar-refractivity contribution in [2.75, 3.05) is 6.26 Å². The van der Waals surface area contributed by atoms with Crippen LogP contribution < -0.4 is 0 Å². The highest BCUT2D eigenvalue weighted by Gasteiger charge is 2.25. The van der Waals surface area contributed by atoms with Crippen LogP contribution in [0.15, 0.2) is 60.7 Å². The molecule has 3 heterocycles. The van der Waals surface area contributed by atoms with Crippen LogP contribution in [-0.2, 0) is 24.1 Å². The number of tetrazole rings is 1. The molecule has 1 N–H and O–H groups in total. The number of hydrogen-bond donors (Lipinski definition) is 1. The Hall–Kier alpha value is -3.82. The zero-order valence-electron chi connectivity index (χ0n) is 20.7. The number of aromatic nitrogens is 7. The summed E-state index contributed by atoms with van der Waals surface area (Å²) in [4.78, 5) is 10.2. The number of benzene rings is 2. The number of hydrogen-bond acceptors (Lipinski definition) is 6. The largest absolute Gasteiger partial charge is 0.612 e. The Kier molecular flexibility index (Phi) is 6.67. The lowest BCUT2D eigenvalue weighted by Gasteiger charge is -2.15. The Balaban J connectivity index is 1.59. The summed E-state index contributed by atoms with van der Waals surface area (Å²) >= 11 is -1.33. The molecule has 1 atom stereocenters. The first-order valence-corrected chi connectivity index (χ1v) is 13.3. The highest BCUT2D eigenvalue weighted by atomic mass is 32.2. The highest BCUT2D eigenvalue weighted by Crippen LogP contribution is 2.34. The maximum atomic E-state index is 12.9. The van der Waals surface area contributed by atoms with Gasteiger partial charge in [-0.05, 0) is 63.8 Å². The van der Waals surface area contributed by atoms with E-state index < -0.39 is 11.2 Å². The normalized spacial score (nSPS) is 13.1. The number of aromatic amines is 1. The summed E-state index contributed by atoms with van der Waals surface area (Å²) in [6.45, 7) is 6.88. The van der Waals surface area contributed by atoms with E-state index in [2.05, 4.69) is 69.4 Å². The van der Waals surface area contributed by atoms with Gasteiger partial charge in [-0.2, -0.15) is 0 Å². The second-order valence-corrected chi connectivity index (χ2v) is 10.0. The molecule has 5 rings (SSSR count). The number of imidazole rings is 1. The van der Waals surface area contributed by atoms with E-state index in [1.807, 2.05) is 37.3 Å². The van der Waals surface area contributed by atoms with Crippen molar-refractivity contribution in [3.63, 3.8) is 0 Å². The van der Waals surface area contributed by atoms with Crippen LogP contribution in [0.4, 0.5) is 0 Å². The molecular weight excluding hydrogens is 470 g/mol. The van der Waals surface area contributed by atoms with Crippen LogP contribution in [0.25, 0.3) is 21.6 Å². The molecule has 36 heavy (non-hydrogen) atoms. The minimum atomic E-state index is -1.33. The van der Waals surface area contributed by atoms with Crippen molar-refractivity contribution in [3.8, 4) is 0 Å². The maximum absolute atomic E-state index is 12.9. The molecule has 8 nitrogen and oxygen atoms in total. The molecule has 0 radical (unpaired) electrons. The van der Waals surface area contributed by atoms with Crippen LogP contribution in [-0.4, -0.2) is 46.0 Å². The lowest BCUT2D eigenvalue weighted by atomic mass is 9.96. The molecule has 3 aromatic heterocycles. The minimum absolute atomic E-state index is 0.396. The molecule has 5 aromatic rings. The van der Waals surface area contributed by atoms with Gasteiger partial charge < -0.3 is 9.12 Å². The van der Waals surface area contributed by atoms with E-state index in [-0.39, 0.29) is 0 Å². The fraction of sp³-hybridized carbons (Fsp3) is 0.222. The first-order chi connectivity index (χ1) is 17.5. The maximum Gasteiger partial charge on any atom is 0.228 e. The quantitative estimate of drug-likeness (QED) is 0.333. The van der Waals surface area contributed by atoms with Crippen molar-refractivity contribution >= 4 is 32.8 Å². The smallest absolute Gasteiger partial charge is 0.228 e. The summed E-state index contributed by atoms with van der Waals surface area (Å²) in [5, 5.41) is 14.2. The van der Waals surface area contributed by atoms with Crippen LogP contribution in [0, 0.1) is 13.8 Å². The van der Waals surface area contributed by atoms with Crippen molar-refractivity contribution < 1.29 is 4.55 Å². The van der Waals surface area contributed by atoms with Gasteiger partial charge in [0.1, 0.15) is 17.6 Å². The average Bonchev–Trinajstić information content (AvgIpc) is 3.52. The van der Waals surface area contributed by atoms with Crippen LogP contribution in [0.3, 0.4) is 0 Å². The van der Waals surface area contributed by atoms with Gasteiger partial charge in [-0.3, -0.25) is 0 Å². The number of H-pyrrole nitrogens is 1. The summed E-state index contributed by atoms with van der Waals surface area (Å²) in [6.07, 6.45) is 2.47. The summed E-state index contributed by atoms with van der Waals surface area (Å²) in [6, 6.07) is 20.3. The van der Waals surface area contributed by atoms with Gasteiger partial charge in [-0.1, -0.05) is 61.5 Å². The van der Waals surface area contributed by atoms with E-state index in [0.29, 0.717) is 17.3 Å². The van der Waals surface area contributed by atoms with Gasteiger partial charge in [0.05, 0.1) is 6.54 Å². The molecule has 0 fully saturated rings. The molecule has 0 aliphatic heterocycles. The molecular formula is C27H27N7OS. The third-order valence-electron chi connectivity index (χ3n) is 6.14. The lowest BCUT2D eigenvalue weighted by molar-refractivity contribution is 0.610. The molecule has 9 heteroatoms. The molecule has 0 aliphatic rings. The minimum Gasteiger partial charge on any atom is -0.612 e. The first kappa shape index (κ1) is 23.9. The highest BCUT2D eigenvalue weighted by molar-refractivity contribution is 8.00. The number of nitrogens with zero attached hydrogens (tertiary/aromatic N) is 6. The Bertz CT molecular complexity index is 1520. The van der Waals surface area contributed by atoms with Crippen molar-refractivity contribution in [3.05, 3.63) is 100 Å². The van der Waals surface area contributed by atoms with Crippen LogP contribution in [0.5, 0.6) is 0 Å². The fourth-order valence-electron chi connectivity index (χ4n) is 4.53. The third kappa shape index (κ3) is 4.55. The second-order valence-electron chi connectivity index (χ2n) is 8.69. The molecule has 2 aromatic carbocycles. The summed E-state index contributed by atoms with van der Waals surface area (Å²) in [7, 11) is 0. The summed E-state index contributed by atoms with van der Waals surface area (Å²) in [5.74, 6) is 1.41. The second kappa shape index (κ2) is 10.0. The van der Waals surface area contributed by atoms with E-state index >= 15 is 0 Å². The number of nitrogens with one attached hydrogen (secondary N) is 1. The standard InChI is InChI=1S/C27H27N7OS/c1-5-22-29-24-17(2)15-18(3)28-27(24)34(22)16-19-11-13-21(14-12-19)23(20-9-7-6-8-10-20)25(36(4)35)26-30-32-33-31-26/h6-15H,5,16H2,1-4H3,(H,30,31,32,33). The van der Waals surface area contributed by atoms with Crippen molar-refractivity contribution in [2.24, 2.45) is 0 Å². The van der Waals surface area contributed by atoms with Crippen LogP contribution >= 0.6 is 0 Å². The molecule has 0 bridgehead atoms. The summed E-state index contributed by atoms with van der Waals surface area (Å²) in [5.41, 5.74) is 7.83. The van der Waals surface area contributed by atoms with E-state index in [0.717, 1.165) is 56.9 Å². The van der Waals surface area contributed by atoms with Gasteiger partial charge in [0, 0.05) is 17.7 Å². The predicted octanol–water partition coefficient (Wildman–Crippen LogP) is 4.47. The number of fused-ring (bicyclic) bond motifs is 1. The number of rotatable bonds is 7. The average molecular weight is 498 g/mol. The van der Waals surface area contributed by atoms with E-state index in [4.69, 9.17) is 9.97 Å². The molecule has 0 amide bonds. The van der Waals surface area contributed by atoms with Gasteiger partial charge in [-0.25, -0.2) is 15.1 Å². The van der Waals surface area contributed by atoms with Gasteiger partial charge in [0.2, 0.25) is 10.7 Å². The van der Waals surface area contributed by atoms with Crippen LogP contribution in [0.2, 0.25) is 0 Å².